The summed E-state index contributed by atoms with van der Waals surface area (Å²) in [6, 6.07) is 5.85. The monoisotopic (exact) mass is 307 g/mol. The van der Waals surface area contributed by atoms with Crippen LogP contribution in [0.5, 0.6) is 0 Å². The first-order valence-electron chi connectivity index (χ1n) is 3.84. The van der Waals surface area contributed by atoms with Gasteiger partial charge in [0.1, 0.15) is 0 Å². The Morgan fingerprint density at radius 1 is 1.46 bits per heavy atom. The molecule has 0 spiro atoms. The van der Waals surface area contributed by atoms with Crippen LogP contribution in [0.25, 0.3) is 0 Å². The number of hydrogen-bond donors (Lipinski definition) is 1. The van der Waals surface area contributed by atoms with E-state index in [4.69, 9.17) is 10.5 Å². The second-order valence-corrected chi connectivity index (χ2v) is 4.50. The maximum atomic E-state index is 5.89. The average Bonchev–Trinajstić information content (AvgIpc) is 2.04. The van der Waals surface area contributed by atoms with E-state index >= 15 is 0 Å². The average molecular weight is 309 g/mol. The van der Waals surface area contributed by atoms with Crippen LogP contribution in [0.1, 0.15) is 11.6 Å². The second kappa shape index (κ2) is 5.10. The summed E-state index contributed by atoms with van der Waals surface area (Å²) in [7, 11) is 1.65. The zero-order chi connectivity index (χ0) is 9.84. The first-order valence-corrected chi connectivity index (χ1v) is 5.43. The molecule has 1 rings (SSSR count). The molecule has 0 saturated heterocycles. The fraction of sp³-hybridized carbons (Fsp3) is 0.333. The smallest absolute Gasteiger partial charge is 0.0655 e. The molecule has 1 atom stereocenters. The van der Waals surface area contributed by atoms with Crippen LogP contribution in [0, 0.1) is 0 Å². The van der Waals surface area contributed by atoms with E-state index in [1.165, 1.54) is 0 Å². The minimum Gasteiger partial charge on any atom is -0.383 e. The lowest BCUT2D eigenvalue weighted by molar-refractivity contribution is 0.180. The largest absolute Gasteiger partial charge is 0.383 e. The molecule has 1 aromatic rings. The SMILES string of the molecule is COCC(N)c1ccc(Br)cc1Br. The third kappa shape index (κ3) is 3.06. The zero-order valence-electron chi connectivity index (χ0n) is 7.26. The Morgan fingerprint density at radius 3 is 2.69 bits per heavy atom. The number of rotatable bonds is 3. The summed E-state index contributed by atoms with van der Waals surface area (Å²) >= 11 is 6.83. The maximum Gasteiger partial charge on any atom is 0.0655 e. The van der Waals surface area contributed by atoms with Gasteiger partial charge in [-0.2, -0.15) is 0 Å². The third-order valence-electron chi connectivity index (χ3n) is 1.71. The van der Waals surface area contributed by atoms with Crippen LogP contribution in [0.15, 0.2) is 27.1 Å². The van der Waals surface area contributed by atoms with Gasteiger partial charge in [-0.1, -0.05) is 37.9 Å². The lowest BCUT2D eigenvalue weighted by Crippen LogP contribution is -2.16. The van der Waals surface area contributed by atoms with Crippen molar-refractivity contribution in [2.45, 2.75) is 6.04 Å². The van der Waals surface area contributed by atoms with Crippen LogP contribution in [0.2, 0.25) is 0 Å². The highest BCUT2D eigenvalue weighted by Crippen LogP contribution is 2.25. The summed E-state index contributed by atoms with van der Waals surface area (Å²) in [6.45, 7) is 0.528. The van der Waals surface area contributed by atoms with E-state index in [0.717, 1.165) is 14.5 Å². The number of nitrogens with two attached hydrogens (primary N) is 1. The Labute approximate surface area is 94.7 Å². The molecule has 0 heterocycles. The van der Waals surface area contributed by atoms with Crippen molar-refractivity contribution in [2.24, 2.45) is 5.73 Å². The van der Waals surface area contributed by atoms with Crippen molar-refractivity contribution < 1.29 is 4.74 Å². The van der Waals surface area contributed by atoms with Crippen LogP contribution >= 0.6 is 31.9 Å². The molecular weight excluding hydrogens is 298 g/mol. The Kier molecular flexibility index (Phi) is 4.38. The van der Waals surface area contributed by atoms with E-state index in [1.807, 2.05) is 18.2 Å². The molecule has 1 aromatic carbocycles. The Morgan fingerprint density at radius 2 is 2.15 bits per heavy atom. The molecule has 0 radical (unpaired) electrons. The second-order valence-electron chi connectivity index (χ2n) is 2.73. The number of hydrogen-bond acceptors (Lipinski definition) is 2. The van der Waals surface area contributed by atoms with Crippen LogP contribution in [-0.4, -0.2) is 13.7 Å². The van der Waals surface area contributed by atoms with Gasteiger partial charge < -0.3 is 10.5 Å². The van der Waals surface area contributed by atoms with E-state index < -0.39 is 0 Å². The topological polar surface area (TPSA) is 35.2 Å². The lowest BCUT2D eigenvalue weighted by Gasteiger charge is -2.12. The summed E-state index contributed by atoms with van der Waals surface area (Å²) in [5.74, 6) is 0. The number of halogens is 2. The summed E-state index contributed by atoms with van der Waals surface area (Å²) in [5.41, 5.74) is 6.95. The predicted octanol–water partition coefficient (Wildman–Crippen LogP) is 2.86. The van der Waals surface area contributed by atoms with E-state index in [0.29, 0.717) is 6.61 Å². The first kappa shape index (κ1) is 11.2. The molecule has 72 valence electrons. The van der Waals surface area contributed by atoms with Gasteiger partial charge in [-0.25, -0.2) is 0 Å². The van der Waals surface area contributed by atoms with Crippen LogP contribution < -0.4 is 5.73 Å². The highest BCUT2D eigenvalue weighted by molar-refractivity contribution is 9.11. The van der Waals surface area contributed by atoms with E-state index in [2.05, 4.69) is 31.9 Å². The normalized spacial score (nSPS) is 12.9. The van der Waals surface area contributed by atoms with E-state index in [9.17, 15) is 0 Å². The van der Waals surface area contributed by atoms with E-state index in [-0.39, 0.29) is 6.04 Å². The van der Waals surface area contributed by atoms with Crippen molar-refractivity contribution in [3.05, 3.63) is 32.7 Å². The van der Waals surface area contributed by atoms with Crippen LogP contribution in [-0.2, 0) is 4.74 Å². The highest BCUT2D eigenvalue weighted by atomic mass is 79.9. The molecule has 0 aliphatic rings. The number of ether oxygens (including phenoxy) is 1. The van der Waals surface area contributed by atoms with Gasteiger partial charge in [0.25, 0.3) is 0 Å². The molecule has 0 aliphatic heterocycles. The van der Waals surface area contributed by atoms with Crippen LogP contribution in [0.3, 0.4) is 0 Å². The van der Waals surface area contributed by atoms with E-state index in [1.54, 1.807) is 7.11 Å². The molecule has 0 aliphatic carbocycles. The minimum atomic E-state index is -0.0764. The Hall–Kier alpha value is 0.1000. The first-order chi connectivity index (χ1) is 6.15. The molecule has 0 fully saturated rings. The van der Waals surface area contributed by atoms with Crippen molar-refractivity contribution in [3.63, 3.8) is 0 Å². The zero-order valence-corrected chi connectivity index (χ0v) is 10.4. The standard InChI is InChI=1S/C9H11Br2NO/c1-13-5-9(12)7-3-2-6(10)4-8(7)11/h2-4,9H,5,12H2,1H3. The van der Waals surface area contributed by atoms with Gasteiger partial charge in [0, 0.05) is 16.1 Å². The van der Waals surface area contributed by atoms with Crippen molar-refractivity contribution >= 4 is 31.9 Å². The van der Waals surface area contributed by atoms with Gasteiger partial charge >= 0.3 is 0 Å². The molecule has 2 nitrogen and oxygen atoms in total. The highest BCUT2D eigenvalue weighted by Gasteiger charge is 2.09. The van der Waals surface area contributed by atoms with Crippen molar-refractivity contribution in [2.75, 3.05) is 13.7 Å². The molecule has 1 unspecified atom stereocenters. The predicted molar refractivity (Wildman–Crippen MR) is 60.6 cm³/mol. The molecule has 0 bridgehead atoms. The summed E-state index contributed by atoms with van der Waals surface area (Å²) in [5, 5.41) is 0. The summed E-state index contributed by atoms with van der Waals surface area (Å²) in [6.07, 6.45) is 0. The number of benzene rings is 1. The molecule has 2 N–H and O–H groups in total. The summed E-state index contributed by atoms with van der Waals surface area (Å²) < 4.78 is 7.03. The van der Waals surface area contributed by atoms with Crippen LogP contribution in [0.4, 0.5) is 0 Å². The summed E-state index contributed by atoms with van der Waals surface area (Å²) in [4.78, 5) is 0. The fourth-order valence-corrected chi connectivity index (χ4v) is 2.41. The Bertz CT molecular complexity index is 291. The molecule has 0 amide bonds. The Balaban J connectivity index is 2.88. The van der Waals surface area contributed by atoms with Crippen molar-refractivity contribution in [1.29, 1.82) is 0 Å². The van der Waals surface area contributed by atoms with Gasteiger partial charge in [0.15, 0.2) is 0 Å². The molecule has 4 heteroatoms. The lowest BCUT2D eigenvalue weighted by atomic mass is 10.1. The van der Waals surface area contributed by atoms with Gasteiger partial charge in [0.2, 0.25) is 0 Å². The van der Waals surface area contributed by atoms with Gasteiger partial charge in [-0.3, -0.25) is 0 Å². The molecule has 0 saturated carbocycles. The van der Waals surface area contributed by atoms with Gasteiger partial charge in [-0.15, -0.1) is 0 Å². The molecule has 13 heavy (non-hydrogen) atoms. The third-order valence-corrected chi connectivity index (χ3v) is 2.89. The molecular formula is C9H11Br2NO. The van der Waals surface area contributed by atoms with Gasteiger partial charge in [-0.05, 0) is 17.7 Å². The van der Waals surface area contributed by atoms with Gasteiger partial charge in [0.05, 0.1) is 12.6 Å². The fourth-order valence-electron chi connectivity index (χ4n) is 1.07. The number of methoxy groups -OCH3 is 1. The minimum absolute atomic E-state index is 0.0764. The quantitative estimate of drug-likeness (QED) is 0.932. The molecule has 0 aromatic heterocycles. The van der Waals surface area contributed by atoms with Crippen molar-refractivity contribution in [1.82, 2.24) is 0 Å². The van der Waals surface area contributed by atoms with Crippen molar-refractivity contribution in [3.8, 4) is 0 Å². The maximum absolute atomic E-state index is 5.89.